The van der Waals surface area contributed by atoms with Crippen LogP contribution in [-0.2, 0) is 0 Å². The van der Waals surface area contributed by atoms with Crippen LogP contribution in [0.25, 0.3) is 11.3 Å². The molecule has 0 unspecified atom stereocenters. The second kappa shape index (κ2) is 8.45. The average molecular weight is 360 g/mol. The molecule has 0 aliphatic heterocycles. The molecule has 2 aromatic carbocycles. The summed E-state index contributed by atoms with van der Waals surface area (Å²) in [5, 5.41) is 11.2. The summed E-state index contributed by atoms with van der Waals surface area (Å²) >= 11 is 0. The number of nitrogens with zero attached hydrogens (tertiary/aromatic N) is 3. The SMILES string of the molecule is CCN(CC)c1ccc(NC(=O)c2ccc(-c3ccccc3)nn2)c(C)c1. The molecule has 1 heterocycles. The summed E-state index contributed by atoms with van der Waals surface area (Å²) in [6, 6.07) is 19.3. The fraction of sp³-hybridized carbons (Fsp3) is 0.227. The Morgan fingerprint density at radius 1 is 0.963 bits per heavy atom. The van der Waals surface area contributed by atoms with Crippen molar-refractivity contribution in [3.63, 3.8) is 0 Å². The van der Waals surface area contributed by atoms with Crippen molar-refractivity contribution in [1.29, 1.82) is 0 Å². The molecular formula is C22H24N4O. The van der Waals surface area contributed by atoms with Gasteiger partial charge in [-0.05, 0) is 56.7 Å². The minimum absolute atomic E-state index is 0.263. The third-order valence-corrected chi connectivity index (χ3v) is 4.55. The Bertz CT molecular complexity index is 903. The number of aryl methyl sites for hydroxylation is 1. The molecule has 0 aliphatic carbocycles. The van der Waals surface area contributed by atoms with Crippen LogP contribution in [0.2, 0.25) is 0 Å². The van der Waals surface area contributed by atoms with Gasteiger partial charge in [0.2, 0.25) is 0 Å². The number of rotatable bonds is 6. The van der Waals surface area contributed by atoms with Crippen LogP contribution in [0, 0.1) is 6.92 Å². The summed E-state index contributed by atoms with van der Waals surface area (Å²) in [7, 11) is 0. The fourth-order valence-corrected chi connectivity index (χ4v) is 2.98. The Kier molecular flexibility index (Phi) is 5.81. The Morgan fingerprint density at radius 2 is 1.70 bits per heavy atom. The normalized spacial score (nSPS) is 10.5. The summed E-state index contributed by atoms with van der Waals surface area (Å²) in [5.74, 6) is -0.263. The third kappa shape index (κ3) is 4.31. The van der Waals surface area contributed by atoms with Gasteiger partial charge in [-0.3, -0.25) is 4.79 Å². The third-order valence-electron chi connectivity index (χ3n) is 4.55. The van der Waals surface area contributed by atoms with Crippen LogP contribution in [-0.4, -0.2) is 29.2 Å². The lowest BCUT2D eigenvalue weighted by atomic mass is 10.1. The molecule has 0 saturated carbocycles. The van der Waals surface area contributed by atoms with Crippen LogP contribution in [0.5, 0.6) is 0 Å². The number of aromatic nitrogens is 2. The lowest BCUT2D eigenvalue weighted by Crippen LogP contribution is -2.22. The molecule has 0 bridgehead atoms. The second-order valence-electron chi connectivity index (χ2n) is 6.30. The summed E-state index contributed by atoms with van der Waals surface area (Å²) in [5.41, 5.74) is 4.96. The fourth-order valence-electron chi connectivity index (χ4n) is 2.98. The molecule has 27 heavy (non-hydrogen) atoms. The van der Waals surface area contributed by atoms with Crippen LogP contribution in [0.15, 0.2) is 60.7 Å². The van der Waals surface area contributed by atoms with Crippen LogP contribution in [0.1, 0.15) is 29.9 Å². The summed E-state index contributed by atoms with van der Waals surface area (Å²) in [6.45, 7) is 8.15. The van der Waals surface area contributed by atoms with Crippen LogP contribution in [0.3, 0.4) is 0 Å². The number of amides is 1. The van der Waals surface area contributed by atoms with Gasteiger partial charge in [-0.25, -0.2) is 0 Å². The highest BCUT2D eigenvalue weighted by molar-refractivity contribution is 6.03. The van der Waals surface area contributed by atoms with Crippen LogP contribution < -0.4 is 10.2 Å². The topological polar surface area (TPSA) is 58.1 Å². The molecule has 1 N–H and O–H groups in total. The maximum absolute atomic E-state index is 12.5. The number of carbonyl (C=O) groups is 1. The Labute approximate surface area is 160 Å². The van der Waals surface area contributed by atoms with Gasteiger partial charge in [-0.2, -0.15) is 0 Å². The quantitative estimate of drug-likeness (QED) is 0.700. The van der Waals surface area contributed by atoms with Crippen molar-refractivity contribution in [3.05, 3.63) is 71.9 Å². The van der Waals surface area contributed by atoms with E-state index in [4.69, 9.17) is 0 Å². The number of anilines is 2. The summed E-state index contributed by atoms with van der Waals surface area (Å²) in [4.78, 5) is 14.8. The molecular weight excluding hydrogens is 336 g/mol. The van der Waals surface area contributed by atoms with Gasteiger partial charge in [0.05, 0.1) is 5.69 Å². The van der Waals surface area contributed by atoms with E-state index in [2.05, 4.69) is 40.3 Å². The molecule has 3 rings (SSSR count). The van der Waals surface area contributed by atoms with Gasteiger partial charge in [0, 0.05) is 30.0 Å². The highest BCUT2D eigenvalue weighted by Crippen LogP contribution is 2.23. The van der Waals surface area contributed by atoms with Crippen molar-refractivity contribution in [3.8, 4) is 11.3 Å². The number of nitrogens with one attached hydrogen (secondary N) is 1. The summed E-state index contributed by atoms with van der Waals surface area (Å²) < 4.78 is 0. The van der Waals surface area contributed by atoms with E-state index in [9.17, 15) is 4.79 Å². The van der Waals surface area contributed by atoms with E-state index in [1.54, 1.807) is 6.07 Å². The molecule has 0 atom stereocenters. The molecule has 138 valence electrons. The maximum atomic E-state index is 12.5. The molecule has 5 heteroatoms. The predicted octanol–water partition coefficient (Wildman–Crippen LogP) is 4.55. The van der Waals surface area contributed by atoms with Crippen LogP contribution in [0.4, 0.5) is 11.4 Å². The molecule has 0 radical (unpaired) electrons. The van der Waals surface area contributed by atoms with Crippen molar-refractivity contribution in [1.82, 2.24) is 10.2 Å². The standard InChI is InChI=1S/C22H24N4O/c1-4-26(5-2)18-11-12-19(16(3)15-18)23-22(27)21-14-13-20(24-25-21)17-9-7-6-8-10-17/h6-15H,4-5H2,1-3H3,(H,23,27). The zero-order valence-electron chi connectivity index (χ0n) is 15.9. The lowest BCUT2D eigenvalue weighted by Gasteiger charge is -2.22. The number of hydrogen-bond acceptors (Lipinski definition) is 4. The molecule has 0 spiro atoms. The molecule has 1 aromatic heterocycles. The van der Waals surface area contributed by atoms with E-state index in [0.717, 1.165) is 41.3 Å². The Balaban J connectivity index is 1.73. The first kappa shape index (κ1) is 18.6. The van der Waals surface area contributed by atoms with Gasteiger partial charge in [0.25, 0.3) is 5.91 Å². The van der Waals surface area contributed by atoms with Gasteiger partial charge in [0.1, 0.15) is 0 Å². The smallest absolute Gasteiger partial charge is 0.276 e. The van der Waals surface area contributed by atoms with Crippen molar-refractivity contribution in [2.24, 2.45) is 0 Å². The minimum atomic E-state index is -0.263. The first-order valence-electron chi connectivity index (χ1n) is 9.18. The Morgan fingerprint density at radius 3 is 2.30 bits per heavy atom. The van der Waals surface area contributed by atoms with E-state index in [1.807, 2.05) is 55.5 Å². The van der Waals surface area contributed by atoms with E-state index >= 15 is 0 Å². The first-order chi connectivity index (χ1) is 13.1. The lowest BCUT2D eigenvalue weighted by molar-refractivity contribution is 0.102. The van der Waals surface area contributed by atoms with Crippen LogP contribution >= 0.6 is 0 Å². The monoisotopic (exact) mass is 360 g/mol. The average Bonchev–Trinajstić information content (AvgIpc) is 2.71. The minimum Gasteiger partial charge on any atom is -0.372 e. The van der Waals surface area contributed by atoms with Crippen molar-refractivity contribution < 1.29 is 4.79 Å². The van der Waals surface area contributed by atoms with Crippen molar-refractivity contribution in [2.45, 2.75) is 20.8 Å². The number of carbonyl (C=O) groups excluding carboxylic acids is 1. The summed E-state index contributed by atoms with van der Waals surface area (Å²) in [6.07, 6.45) is 0. The van der Waals surface area contributed by atoms with Gasteiger partial charge in [-0.1, -0.05) is 30.3 Å². The number of benzene rings is 2. The molecule has 0 saturated heterocycles. The molecule has 0 fully saturated rings. The zero-order chi connectivity index (χ0) is 19.2. The number of hydrogen-bond donors (Lipinski definition) is 1. The van der Waals surface area contributed by atoms with Gasteiger partial charge in [-0.15, -0.1) is 10.2 Å². The van der Waals surface area contributed by atoms with E-state index < -0.39 is 0 Å². The second-order valence-corrected chi connectivity index (χ2v) is 6.30. The zero-order valence-corrected chi connectivity index (χ0v) is 15.9. The van der Waals surface area contributed by atoms with Gasteiger partial charge in [0.15, 0.2) is 5.69 Å². The molecule has 0 aliphatic rings. The van der Waals surface area contributed by atoms with Gasteiger partial charge >= 0.3 is 0 Å². The Hall–Kier alpha value is -3.21. The van der Waals surface area contributed by atoms with E-state index in [1.165, 1.54) is 0 Å². The maximum Gasteiger partial charge on any atom is 0.276 e. The van der Waals surface area contributed by atoms with Crippen molar-refractivity contribution >= 4 is 17.3 Å². The van der Waals surface area contributed by atoms with E-state index in [0.29, 0.717) is 5.69 Å². The first-order valence-corrected chi connectivity index (χ1v) is 9.18. The van der Waals surface area contributed by atoms with Gasteiger partial charge < -0.3 is 10.2 Å². The molecule has 5 nitrogen and oxygen atoms in total. The molecule has 1 amide bonds. The molecule has 3 aromatic rings. The van der Waals surface area contributed by atoms with Crippen molar-refractivity contribution in [2.75, 3.05) is 23.3 Å². The predicted molar refractivity (Wildman–Crippen MR) is 110 cm³/mol. The largest absolute Gasteiger partial charge is 0.372 e. The highest BCUT2D eigenvalue weighted by atomic mass is 16.1. The highest BCUT2D eigenvalue weighted by Gasteiger charge is 2.12. The van der Waals surface area contributed by atoms with E-state index in [-0.39, 0.29) is 5.91 Å².